The molecule has 0 aliphatic carbocycles. The molecule has 62 heavy (non-hydrogen) atoms. The SMILES string of the molecule is [B]c1cc([B])c2c3c([B])c(-c4c([B])cc5c(c4[B])c4c([B])c([B])c([B])cc4n5-c4cc(-c5ccccc5[B])ccc4[B])c([B])c([B])c3n(-c3ccccc3-c3ccccc3)c2c1. The van der Waals surface area contributed by atoms with Crippen molar-refractivity contribution in [2.24, 2.45) is 0 Å². The Morgan fingerprint density at radius 1 is 0.306 bits per heavy atom. The molecule has 0 unspecified atom stereocenters. The topological polar surface area (TPSA) is 9.86 Å². The number of aromatic nitrogens is 2. The molecule has 0 aliphatic rings. The average Bonchev–Trinajstić information content (AvgIpc) is 3.77. The van der Waals surface area contributed by atoms with Crippen LogP contribution in [0.4, 0.5) is 0 Å². The maximum Gasteiger partial charge on any atom is 0.116 e. The van der Waals surface area contributed by atoms with Crippen LogP contribution in [0.5, 0.6) is 0 Å². The van der Waals surface area contributed by atoms with Gasteiger partial charge >= 0.3 is 0 Å². The van der Waals surface area contributed by atoms with Gasteiger partial charge in [0.1, 0.15) is 94.2 Å². The summed E-state index contributed by atoms with van der Waals surface area (Å²) in [5, 5.41) is 2.21. The summed E-state index contributed by atoms with van der Waals surface area (Å²) in [5.41, 5.74) is 11.7. The predicted octanol–water partition coefficient (Wildman–Crippen LogP) is -1.59. The van der Waals surface area contributed by atoms with E-state index in [4.69, 9.17) is 94.2 Å². The second-order valence-corrected chi connectivity index (χ2v) is 15.6. The van der Waals surface area contributed by atoms with Crippen molar-refractivity contribution in [3.63, 3.8) is 0 Å². The Kier molecular flexibility index (Phi) is 9.67. The van der Waals surface area contributed by atoms with E-state index >= 15 is 0 Å². The lowest BCUT2D eigenvalue weighted by molar-refractivity contribution is 1.19. The number of hydrogen-bond donors (Lipinski definition) is 0. The number of benzene rings is 8. The summed E-state index contributed by atoms with van der Waals surface area (Å²) < 4.78 is 3.92. The van der Waals surface area contributed by atoms with Crippen LogP contribution in [0.15, 0.2) is 121 Å². The van der Waals surface area contributed by atoms with Gasteiger partial charge in [0.25, 0.3) is 0 Å². The monoisotopic (exact) mass is 756 g/mol. The molecule has 0 aliphatic heterocycles. The standard InChI is InChI=1S/C48H20B12N2/c49-23-17-28(52)36-33(18-23)62(31-13-7-5-11-25(31)21-8-2-1-3-9-21)48-41(36)44(57)40(46(59)47(48)60)37-29(53)19-34-38(43(37)56)39-35(20-30(54)42(55)45(39)58)61(34)32-16-22(14-15-27(32)51)24-10-4-6-12-26(24)50/h1-20H. The van der Waals surface area contributed by atoms with Gasteiger partial charge in [-0.1, -0.05) is 146 Å². The predicted molar refractivity (Wildman–Crippen MR) is 276 cm³/mol. The largest absolute Gasteiger partial charge is 0.310 e. The summed E-state index contributed by atoms with van der Waals surface area (Å²) in [6.45, 7) is 0. The molecule has 2 heterocycles. The summed E-state index contributed by atoms with van der Waals surface area (Å²) in [6.07, 6.45) is 0. The van der Waals surface area contributed by atoms with E-state index in [-0.39, 0.29) is 43.7 Å². The first-order valence-corrected chi connectivity index (χ1v) is 19.7. The van der Waals surface area contributed by atoms with Crippen LogP contribution in [0.25, 0.3) is 88.4 Å². The molecule has 10 rings (SSSR count). The van der Waals surface area contributed by atoms with Gasteiger partial charge in [-0.2, -0.15) is 0 Å². The highest BCUT2D eigenvalue weighted by molar-refractivity contribution is 6.65. The molecule has 14 heteroatoms. The first-order valence-electron chi connectivity index (χ1n) is 19.7. The van der Waals surface area contributed by atoms with E-state index in [2.05, 4.69) is 0 Å². The molecule has 0 saturated heterocycles. The molecule has 258 valence electrons. The highest BCUT2D eigenvalue weighted by Gasteiger charge is 2.27. The van der Waals surface area contributed by atoms with Crippen molar-refractivity contribution in [1.29, 1.82) is 0 Å². The molecule has 0 bridgehead atoms. The van der Waals surface area contributed by atoms with Gasteiger partial charge < -0.3 is 9.13 Å². The van der Waals surface area contributed by atoms with Crippen molar-refractivity contribution in [2.45, 2.75) is 0 Å². The molecular formula is C48H20B12N2. The van der Waals surface area contributed by atoms with Gasteiger partial charge in [0.15, 0.2) is 0 Å². The lowest BCUT2D eigenvalue weighted by Crippen LogP contribution is -2.40. The van der Waals surface area contributed by atoms with E-state index < -0.39 is 0 Å². The van der Waals surface area contributed by atoms with Gasteiger partial charge in [-0.05, 0) is 63.5 Å². The first kappa shape index (κ1) is 40.2. The Labute approximate surface area is 376 Å². The zero-order chi connectivity index (χ0) is 43.5. The minimum absolute atomic E-state index is 0.151. The van der Waals surface area contributed by atoms with Crippen LogP contribution >= 0.6 is 0 Å². The summed E-state index contributed by atoms with van der Waals surface area (Å²) in [4.78, 5) is 0. The Hall–Kier alpha value is -5.86. The quantitative estimate of drug-likeness (QED) is 0.188. The van der Waals surface area contributed by atoms with Crippen molar-refractivity contribution in [2.75, 3.05) is 0 Å². The number of para-hydroxylation sites is 1. The molecular weight excluding hydrogens is 734 g/mol. The second-order valence-electron chi connectivity index (χ2n) is 15.6. The van der Waals surface area contributed by atoms with Crippen molar-refractivity contribution >= 4 is 203 Å². The normalized spacial score (nSPS) is 11.7. The lowest BCUT2D eigenvalue weighted by atomic mass is 9.64. The molecule has 10 aromatic rings. The zero-order valence-corrected chi connectivity index (χ0v) is 33.4. The van der Waals surface area contributed by atoms with E-state index in [9.17, 15) is 0 Å². The molecule has 0 N–H and O–H groups in total. The molecule has 24 radical (unpaired) electrons. The maximum absolute atomic E-state index is 7.36. The molecule has 0 spiro atoms. The average molecular weight is 754 g/mol. The second kappa shape index (κ2) is 14.9. The van der Waals surface area contributed by atoms with Crippen molar-refractivity contribution < 1.29 is 0 Å². The highest BCUT2D eigenvalue weighted by Crippen LogP contribution is 2.36. The van der Waals surface area contributed by atoms with Crippen molar-refractivity contribution in [1.82, 2.24) is 9.13 Å². The Morgan fingerprint density at radius 2 is 0.919 bits per heavy atom. The van der Waals surface area contributed by atoms with E-state index in [0.29, 0.717) is 82.3 Å². The number of nitrogens with zero attached hydrogens (tertiary/aromatic N) is 2. The Morgan fingerprint density at radius 3 is 1.65 bits per heavy atom. The molecule has 8 aromatic carbocycles. The minimum atomic E-state index is 0.151. The maximum atomic E-state index is 7.36. The third kappa shape index (κ3) is 5.89. The van der Waals surface area contributed by atoms with Crippen LogP contribution in [0, 0.1) is 0 Å². The van der Waals surface area contributed by atoms with Gasteiger partial charge in [-0.25, -0.2) is 0 Å². The first-order chi connectivity index (χ1) is 29.8. The molecule has 0 atom stereocenters. The van der Waals surface area contributed by atoms with Crippen LogP contribution in [0.1, 0.15) is 0 Å². The number of fused-ring (bicyclic) bond motifs is 6. The van der Waals surface area contributed by atoms with Gasteiger partial charge in [-0.3, -0.25) is 0 Å². The van der Waals surface area contributed by atoms with Crippen LogP contribution in [-0.4, -0.2) is 103 Å². The fraction of sp³-hybridized carbons (Fsp3) is 0. The third-order valence-corrected chi connectivity index (χ3v) is 12.0. The molecule has 2 aromatic heterocycles. The lowest BCUT2D eigenvalue weighted by Gasteiger charge is -2.23. The van der Waals surface area contributed by atoms with Crippen LogP contribution in [0.2, 0.25) is 0 Å². The summed E-state index contributed by atoms with van der Waals surface area (Å²) in [5.74, 6) is 0. The van der Waals surface area contributed by atoms with Crippen LogP contribution < -0.4 is 65.6 Å². The van der Waals surface area contributed by atoms with Gasteiger partial charge in [-0.15, -0.1) is 10.9 Å². The Bertz CT molecular complexity index is 3560. The summed E-state index contributed by atoms with van der Waals surface area (Å²) in [7, 11) is 82.6. The van der Waals surface area contributed by atoms with Gasteiger partial charge in [0, 0.05) is 32.9 Å². The minimum Gasteiger partial charge on any atom is -0.310 e. The summed E-state index contributed by atoms with van der Waals surface area (Å²) in [6, 6.07) is 38.3. The fourth-order valence-electron chi connectivity index (χ4n) is 9.22. The Balaban J connectivity index is 1.31. The van der Waals surface area contributed by atoms with Crippen LogP contribution in [0.3, 0.4) is 0 Å². The van der Waals surface area contributed by atoms with Crippen molar-refractivity contribution in [3.05, 3.63) is 121 Å². The molecule has 0 saturated carbocycles. The summed E-state index contributed by atoms with van der Waals surface area (Å²) >= 11 is 0. The highest BCUT2D eigenvalue weighted by atomic mass is 15.0. The molecule has 0 amide bonds. The third-order valence-electron chi connectivity index (χ3n) is 12.0. The van der Waals surface area contributed by atoms with E-state index in [0.717, 1.165) is 27.9 Å². The van der Waals surface area contributed by atoms with E-state index in [1.165, 1.54) is 0 Å². The van der Waals surface area contributed by atoms with Crippen LogP contribution in [-0.2, 0) is 0 Å². The molecule has 2 nitrogen and oxygen atoms in total. The van der Waals surface area contributed by atoms with E-state index in [1.54, 1.807) is 18.2 Å². The number of rotatable bonds is 5. The van der Waals surface area contributed by atoms with E-state index in [1.807, 2.05) is 112 Å². The smallest absolute Gasteiger partial charge is 0.116 e. The zero-order valence-electron chi connectivity index (χ0n) is 33.4. The van der Waals surface area contributed by atoms with Gasteiger partial charge in [0.2, 0.25) is 0 Å². The molecule has 0 fully saturated rings. The number of hydrogen-bond acceptors (Lipinski definition) is 0. The van der Waals surface area contributed by atoms with Gasteiger partial charge in [0.05, 0.1) is 22.2 Å². The van der Waals surface area contributed by atoms with Crippen molar-refractivity contribution in [3.8, 4) is 44.8 Å². The fourth-order valence-corrected chi connectivity index (χ4v) is 9.22.